The molecular formula is C41H53FN12O5. The molecule has 17 nitrogen and oxygen atoms in total. The molecule has 18 heteroatoms. The molecule has 0 aliphatic carbocycles. The molecule has 0 fully saturated rings. The second kappa shape index (κ2) is 21.0. The number of anilines is 1. The molecule has 4 aromatic rings. The van der Waals surface area contributed by atoms with Gasteiger partial charge in [-0.2, -0.15) is 0 Å². The third-order valence-electron chi connectivity index (χ3n) is 9.34. The number of aromatic nitrogens is 1. The van der Waals surface area contributed by atoms with E-state index >= 15 is 0 Å². The number of amides is 5. The molecule has 4 rings (SSSR count). The normalized spacial score (nSPS) is 13.0. The first-order chi connectivity index (χ1) is 28.0. The maximum atomic E-state index is 14.7. The zero-order valence-corrected chi connectivity index (χ0v) is 33.3. The molecule has 0 bridgehead atoms. The summed E-state index contributed by atoms with van der Waals surface area (Å²) in [7, 11) is 0. The van der Waals surface area contributed by atoms with Gasteiger partial charge < -0.3 is 49.6 Å². The lowest BCUT2D eigenvalue weighted by Gasteiger charge is -2.32. The number of hydrogen-bond donors (Lipinski definition) is 9. The first-order valence-corrected chi connectivity index (χ1v) is 19.1. The summed E-state index contributed by atoms with van der Waals surface area (Å²) >= 11 is 0. The Morgan fingerprint density at radius 3 is 1.95 bits per heavy atom. The smallest absolute Gasteiger partial charge is 0.244 e. The van der Waals surface area contributed by atoms with E-state index in [-0.39, 0.29) is 50.1 Å². The molecule has 59 heavy (non-hydrogen) atoms. The summed E-state index contributed by atoms with van der Waals surface area (Å²) in [4.78, 5) is 81.1. The van der Waals surface area contributed by atoms with Gasteiger partial charge in [0, 0.05) is 43.4 Å². The number of guanidine groups is 2. The van der Waals surface area contributed by atoms with E-state index in [1.807, 2.05) is 26.0 Å². The van der Waals surface area contributed by atoms with E-state index < -0.39 is 59.5 Å². The number of carbonyl (C=O) groups is 5. The van der Waals surface area contributed by atoms with Crippen LogP contribution < -0.4 is 49.5 Å². The molecule has 0 spiro atoms. The molecule has 0 unspecified atom stereocenters. The van der Waals surface area contributed by atoms with Crippen molar-refractivity contribution < 1.29 is 28.4 Å². The largest absolute Gasteiger partial charge is 0.370 e. The van der Waals surface area contributed by atoms with Crippen LogP contribution in [0.5, 0.6) is 0 Å². The fraction of sp³-hybridized carbons (Fsp3) is 0.341. The molecule has 0 aliphatic heterocycles. The average molecular weight is 813 g/mol. The number of primary amides is 1. The summed E-state index contributed by atoms with van der Waals surface area (Å²) in [5.41, 5.74) is 30.2. The van der Waals surface area contributed by atoms with Gasteiger partial charge >= 0.3 is 0 Å². The van der Waals surface area contributed by atoms with E-state index in [2.05, 4.69) is 30.9 Å². The number of aromatic amines is 1. The van der Waals surface area contributed by atoms with Crippen LogP contribution in [0, 0.1) is 11.7 Å². The zero-order valence-electron chi connectivity index (χ0n) is 33.3. The van der Waals surface area contributed by atoms with E-state index in [4.69, 9.17) is 28.7 Å². The average Bonchev–Trinajstić information content (AvgIpc) is 3.59. The number of hydrogen-bond acceptors (Lipinski definition) is 7. The van der Waals surface area contributed by atoms with Crippen LogP contribution in [0.2, 0.25) is 0 Å². The second-order valence-corrected chi connectivity index (χ2v) is 14.5. The maximum Gasteiger partial charge on any atom is 0.244 e. The van der Waals surface area contributed by atoms with Crippen molar-refractivity contribution in [3.8, 4) is 0 Å². The number of benzene rings is 3. The Bertz CT molecular complexity index is 2150. The standard InChI is InChI=1S/C41H53FN12O5/c1-23(2)19-32(37(57)51-31(36(43)56)9-6-18-48-40(44)45)52-38(58)33(20-25-12-16-28(17-13-25)50-41(46)47)53-39(59)34(21-26-10-14-27(42)15-11-26)54(24(3)55)35-22-49-30-8-5-4-7-29(30)35/h4-5,7-8,10-17,22-23,31-34,49H,6,9,18-21H2,1-3H3,(H2,43,56)(H,51,57)(H,52,58)(H,53,59)(H4,44,45,48)(H4,46,47,50)/t31-,32-,33-,34-/m0/s1. The van der Waals surface area contributed by atoms with Gasteiger partial charge in [-0.3, -0.25) is 33.9 Å². The van der Waals surface area contributed by atoms with Crippen molar-refractivity contribution in [1.29, 1.82) is 0 Å². The molecule has 314 valence electrons. The zero-order chi connectivity index (χ0) is 43.2. The molecule has 0 aliphatic rings. The molecule has 3 aromatic carbocycles. The van der Waals surface area contributed by atoms with Crippen molar-refractivity contribution in [3.63, 3.8) is 0 Å². The number of nitrogens with zero attached hydrogens (tertiary/aromatic N) is 3. The highest BCUT2D eigenvalue weighted by Gasteiger charge is 2.35. The van der Waals surface area contributed by atoms with Crippen LogP contribution in [0.1, 0.15) is 51.2 Å². The second-order valence-electron chi connectivity index (χ2n) is 14.5. The third-order valence-corrected chi connectivity index (χ3v) is 9.34. The van der Waals surface area contributed by atoms with Crippen LogP contribution in [0.15, 0.2) is 89.0 Å². The van der Waals surface area contributed by atoms with Crippen molar-refractivity contribution in [3.05, 3.63) is 95.9 Å². The summed E-state index contributed by atoms with van der Waals surface area (Å²) in [6.45, 7) is 5.23. The van der Waals surface area contributed by atoms with Gasteiger partial charge in [0.2, 0.25) is 29.5 Å². The van der Waals surface area contributed by atoms with Gasteiger partial charge in [0.05, 0.1) is 11.4 Å². The van der Waals surface area contributed by atoms with Gasteiger partial charge in [-0.15, -0.1) is 0 Å². The SMILES string of the molecule is CC(=O)N(c1c[nH]c2ccccc12)[C@@H](Cc1ccc(F)cc1)C(=O)N[C@@H](Cc1ccc(N=C(N)N)cc1)C(=O)N[C@@H](CC(C)C)C(=O)N[C@@H](CCCN=C(N)N)C(N)=O. The van der Waals surface area contributed by atoms with E-state index in [1.165, 1.54) is 36.1 Å². The molecule has 1 heterocycles. The van der Waals surface area contributed by atoms with Gasteiger partial charge in [-0.25, -0.2) is 9.38 Å². The summed E-state index contributed by atoms with van der Waals surface area (Å²) in [5, 5.41) is 8.95. The Labute approximate surface area is 341 Å². The molecular weight excluding hydrogens is 760 g/mol. The highest BCUT2D eigenvalue weighted by molar-refractivity contribution is 6.07. The topological polar surface area (TPSA) is 295 Å². The lowest BCUT2D eigenvalue weighted by atomic mass is 9.99. The Kier molecular flexibility index (Phi) is 15.9. The van der Waals surface area contributed by atoms with Crippen LogP contribution in [-0.2, 0) is 36.8 Å². The van der Waals surface area contributed by atoms with Crippen LogP contribution in [0.4, 0.5) is 15.8 Å². The lowest BCUT2D eigenvalue weighted by molar-refractivity contribution is -0.134. The molecule has 0 saturated carbocycles. The van der Waals surface area contributed by atoms with Gasteiger partial charge in [0.15, 0.2) is 11.9 Å². The highest BCUT2D eigenvalue weighted by atomic mass is 19.1. The van der Waals surface area contributed by atoms with Crippen LogP contribution >= 0.6 is 0 Å². The number of para-hydroxylation sites is 1. The minimum absolute atomic E-state index is 0.0528. The summed E-state index contributed by atoms with van der Waals surface area (Å²) in [6.07, 6.45) is 2.13. The number of aliphatic imine (C=N–C) groups is 2. The maximum absolute atomic E-state index is 14.7. The minimum atomic E-state index is -1.31. The van der Waals surface area contributed by atoms with Crippen molar-refractivity contribution in [2.24, 2.45) is 44.6 Å². The van der Waals surface area contributed by atoms with Crippen LogP contribution in [-0.4, -0.2) is 77.2 Å². The Balaban J connectivity index is 1.71. The van der Waals surface area contributed by atoms with Crippen molar-refractivity contribution in [2.75, 3.05) is 11.4 Å². The molecule has 1 aromatic heterocycles. The van der Waals surface area contributed by atoms with Gasteiger partial charge in [0.1, 0.15) is 30.0 Å². The molecule has 14 N–H and O–H groups in total. The Hall–Kier alpha value is -6.98. The van der Waals surface area contributed by atoms with E-state index in [0.29, 0.717) is 34.3 Å². The van der Waals surface area contributed by atoms with Crippen molar-refractivity contribution >= 4 is 63.7 Å². The quantitative estimate of drug-likeness (QED) is 0.0354. The molecule has 5 amide bonds. The Morgan fingerprint density at radius 2 is 1.34 bits per heavy atom. The van der Waals surface area contributed by atoms with Crippen molar-refractivity contribution in [1.82, 2.24) is 20.9 Å². The number of nitrogens with two attached hydrogens (primary N) is 5. The van der Waals surface area contributed by atoms with Crippen molar-refractivity contribution in [2.45, 2.75) is 77.0 Å². The fourth-order valence-electron chi connectivity index (χ4n) is 6.56. The van der Waals surface area contributed by atoms with Crippen LogP contribution in [0.3, 0.4) is 0 Å². The number of fused-ring (bicyclic) bond motifs is 1. The molecule has 0 radical (unpaired) electrons. The van der Waals surface area contributed by atoms with Gasteiger partial charge in [-0.05, 0) is 66.6 Å². The van der Waals surface area contributed by atoms with Gasteiger partial charge in [-0.1, -0.05) is 56.3 Å². The Morgan fingerprint density at radius 1 is 0.746 bits per heavy atom. The first kappa shape index (κ1) is 44.7. The summed E-state index contributed by atoms with van der Waals surface area (Å²) in [6, 6.07) is 14.6. The number of rotatable bonds is 20. The third kappa shape index (κ3) is 13.3. The predicted octanol–water partition coefficient (Wildman–Crippen LogP) is 1.46. The number of carbonyl (C=O) groups excluding carboxylic acids is 5. The number of nitrogens with one attached hydrogen (secondary N) is 4. The summed E-state index contributed by atoms with van der Waals surface area (Å²) in [5.74, 6) is -4.20. The van der Waals surface area contributed by atoms with E-state index in [9.17, 15) is 28.4 Å². The van der Waals surface area contributed by atoms with Crippen LogP contribution in [0.25, 0.3) is 10.9 Å². The minimum Gasteiger partial charge on any atom is -0.370 e. The molecule has 4 atom stereocenters. The fourth-order valence-corrected chi connectivity index (χ4v) is 6.56. The van der Waals surface area contributed by atoms with E-state index in [0.717, 1.165) is 5.52 Å². The van der Waals surface area contributed by atoms with Gasteiger partial charge in [0.25, 0.3) is 0 Å². The number of halogens is 1. The lowest BCUT2D eigenvalue weighted by Crippen LogP contribution is -2.59. The first-order valence-electron chi connectivity index (χ1n) is 19.1. The highest BCUT2D eigenvalue weighted by Crippen LogP contribution is 2.30. The molecule has 0 saturated heterocycles. The summed E-state index contributed by atoms with van der Waals surface area (Å²) < 4.78 is 14.0. The monoisotopic (exact) mass is 812 g/mol. The predicted molar refractivity (Wildman–Crippen MR) is 225 cm³/mol. The van der Waals surface area contributed by atoms with E-state index in [1.54, 1.807) is 42.6 Å². The number of H-pyrrole nitrogens is 1.